The number of esters is 1. The minimum Gasteiger partial charge on any atom is -0.457 e. The molecule has 0 saturated carbocycles. The number of carbonyl (C=O) groups excluding carboxylic acids is 2. The van der Waals surface area contributed by atoms with Crippen molar-refractivity contribution in [2.45, 2.75) is 18.9 Å². The zero-order chi connectivity index (χ0) is 23.5. The highest BCUT2D eigenvalue weighted by Gasteiger charge is 2.35. The van der Waals surface area contributed by atoms with Crippen LogP contribution in [0.5, 0.6) is 11.5 Å². The van der Waals surface area contributed by atoms with Crippen molar-refractivity contribution in [2.75, 3.05) is 36.5 Å². The van der Waals surface area contributed by atoms with Gasteiger partial charge in [0.25, 0.3) is 5.91 Å². The van der Waals surface area contributed by atoms with E-state index in [4.69, 9.17) is 14.2 Å². The highest BCUT2D eigenvalue weighted by molar-refractivity contribution is 5.96. The van der Waals surface area contributed by atoms with Crippen molar-refractivity contribution in [1.29, 1.82) is 0 Å². The first-order chi connectivity index (χ1) is 16.6. The van der Waals surface area contributed by atoms with Crippen molar-refractivity contribution in [1.82, 2.24) is 0 Å². The SMILES string of the molecule is CC(OC(=O)C1c2ccccc2Oc2ccccc21)C(=O)Nc1ccc(N2CCOCC2)cc1. The van der Waals surface area contributed by atoms with Gasteiger partial charge in [-0.25, -0.2) is 0 Å². The average molecular weight is 459 g/mol. The molecule has 1 unspecified atom stereocenters. The average Bonchev–Trinajstić information content (AvgIpc) is 2.88. The first kappa shape index (κ1) is 22.0. The van der Waals surface area contributed by atoms with Gasteiger partial charge in [0.1, 0.15) is 17.4 Å². The maximum absolute atomic E-state index is 13.2. The van der Waals surface area contributed by atoms with Gasteiger partial charge in [0.2, 0.25) is 0 Å². The van der Waals surface area contributed by atoms with Gasteiger partial charge in [-0.05, 0) is 43.3 Å². The molecule has 0 bridgehead atoms. The van der Waals surface area contributed by atoms with Gasteiger partial charge in [0, 0.05) is 35.6 Å². The van der Waals surface area contributed by atoms with Gasteiger partial charge >= 0.3 is 5.97 Å². The quantitative estimate of drug-likeness (QED) is 0.574. The fourth-order valence-electron chi connectivity index (χ4n) is 4.28. The monoisotopic (exact) mass is 458 g/mol. The standard InChI is InChI=1S/C27H26N2O5/c1-18(26(30)28-19-10-12-20(13-11-19)29-14-16-32-17-15-29)33-27(31)25-21-6-2-4-8-23(21)34-24-9-5-3-7-22(24)25/h2-13,18,25H,14-17H2,1H3,(H,28,30). The van der Waals surface area contributed by atoms with Gasteiger partial charge < -0.3 is 24.4 Å². The minimum absolute atomic E-state index is 0.388. The normalized spacial score (nSPS) is 16.0. The van der Waals surface area contributed by atoms with Crippen LogP contribution in [0.1, 0.15) is 24.0 Å². The molecule has 1 saturated heterocycles. The van der Waals surface area contributed by atoms with Crippen molar-refractivity contribution in [3.05, 3.63) is 83.9 Å². The first-order valence-electron chi connectivity index (χ1n) is 11.4. The third-order valence-corrected chi connectivity index (χ3v) is 6.09. The lowest BCUT2D eigenvalue weighted by Crippen LogP contribution is -2.36. The van der Waals surface area contributed by atoms with Gasteiger partial charge in [-0.15, -0.1) is 0 Å². The number of hydrogen-bond donors (Lipinski definition) is 1. The second-order valence-corrected chi connectivity index (χ2v) is 8.33. The summed E-state index contributed by atoms with van der Waals surface area (Å²) in [5, 5.41) is 2.83. The number of fused-ring (bicyclic) bond motifs is 2. The van der Waals surface area contributed by atoms with E-state index in [1.807, 2.05) is 72.8 Å². The molecule has 2 aliphatic heterocycles. The summed E-state index contributed by atoms with van der Waals surface area (Å²) >= 11 is 0. The molecule has 0 radical (unpaired) electrons. The van der Waals surface area contributed by atoms with Crippen LogP contribution in [0.15, 0.2) is 72.8 Å². The van der Waals surface area contributed by atoms with Crippen LogP contribution in [0.2, 0.25) is 0 Å². The van der Waals surface area contributed by atoms with E-state index in [2.05, 4.69) is 10.2 Å². The number of ether oxygens (including phenoxy) is 3. The maximum atomic E-state index is 13.2. The Hall–Kier alpha value is -3.84. The van der Waals surface area contributed by atoms with Gasteiger partial charge in [0.05, 0.1) is 13.2 Å². The Labute approximate surface area is 198 Å². The van der Waals surface area contributed by atoms with Crippen LogP contribution >= 0.6 is 0 Å². The van der Waals surface area contributed by atoms with Crippen molar-refractivity contribution < 1.29 is 23.8 Å². The van der Waals surface area contributed by atoms with E-state index >= 15 is 0 Å². The summed E-state index contributed by atoms with van der Waals surface area (Å²) in [5.41, 5.74) is 3.17. The van der Waals surface area contributed by atoms with E-state index in [9.17, 15) is 9.59 Å². The highest BCUT2D eigenvalue weighted by Crippen LogP contribution is 2.44. The number of amides is 1. The molecule has 0 spiro atoms. The molecule has 0 aliphatic carbocycles. The molecule has 1 amide bonds. The molecule has 7 heteroatoms. The maximum Gasteiger partial charge on any atom is 0.318 e. The lowest BCUT2D eigenvalue weighted by Gasteiger charge is -2.29. The summed E-state index contributed by atoms with van der Waals surface area (Å²) in [7, 11) is 0. The largest absolute Gasteiger partial charge is 0.457 e. The molecule has 34 heavy (non-hydrogen) atoms. The van der Waals surface area contributed by atoms with Gasteiger partial charge in [-0.2, -0.15) is 0 Å². The molecule has 0 aromatic heterocycles. The van der Waals surface area contributed by atoms with Crippen molar-refractivity contribution in [2.24, 2.45) is 0 Å². The van der Waals surface area contributed by atoms with Crippen LogP contribution in [0.25, 0.3) is 0 Å². The van der Waals surface area contributed by atoms with Crippen LogP contribution in [-0.4, -0.2) is 44.3 Å². The van der Waals surface area contributed by atoms with E-state index < -0.39 is 18.0 Å². The molecule has 1 N–H and O–H groups in total. The van der Waals surface area contributed by atoms with Crippen LogP contribution in [0, 0.1) is 0 Å². The molecule has 174 valence electrons. The Morgan fingerprint density at radius 1 is 0.912 bits per heavy atom. The van der Waals surface area contributed by atoms with Gasteiger partial charge in [0.15, 0.2) is 6.10 Å². The third-order valence-electron chi connectivity index (χ3n) is 6.09. The predicted octanol–water partition coefficient (Wildman–Crippen LogP) is 4.33. The predicted molar refractivity (Wildman–Crippen MR) is 128 cm³/mol. The second-order valence-electron chi connectivity index (χ2n) is 8.33. The van der Waals surface area contributed by atoms with Crippen molar-refractivity contribution in [3.63, 3.8) is 0 Å². The van der Waals surface area contributed by atoms with Gasteiger partial charge in [-0.3, -0.25) is 9.59 Å². The fourth-order valence-corrected chi connectivity index (χ4v) is 4.28. The molecule has 7 nitrogen and oxygen atoms in total. The van der Waals surface area contributed by atoms with Crippen LogP contribution < -0.4 is 15.0 Å². The lowest BCUT2D eigenvalue weighted by atomic mass is 9.88. The van der Waals surface area contributed by atoms with Gasteiger partial charge in [-0.1, -0.05) is 36.4 Å². The molecule has 1 fully saturated rings. The molecular formula is C27H26N2O5. The Balaban J connectivity index is 1.26. The minimum atomic E-state index is -0.964. The number of carbonyl (C=O) groups is 2. The van der Waals surface area contributed by atoms with E-state index in [1.165, 1.54) is 0 Å². The van der Waals surface area contributed by atoms with Crippen molar-refractivity contribution in [3.8, 4) is 11.5 Å². The summed E-state index contributed by atoms with van der Waals surface area (Å²) in [4.78, 5) is 28.2. The second kappa shape index (κ2) is 9.57. The van der Waals surface area contributed by atoms with Crippen LogP contribution in [0.3, 0.4) is 0 Å². The van der Waals surface area contributed by atoms with E-state index in [-0.39, 0.29) is 5.91 Å². The summed E-state index contributed by atoms with van der Waals surface area (Å²) in [6.07, 6.45) is -0.964. The summed E-state index contributed by atoms with van der Waals surface area (Å²) in [6.45, 7) is 4.69. The number of nitrogens with one attached hydrogen (secondary N) is 1. The Morgan fingerprint density at radius 3 is 2.12 bits per heavy atom. The van der Waals surface area contributed by atoms with Crippen LogP contribution in [-0.2, 0) is 19.1 Å². The lowest BCUT2D eigenvalue weighted by molar-refractivity contribution is -0.153. The Bertz CT molecular complexity index is 1140. The van der Waals surface area contributed by atoms with E-state index in [0.29, 0.717) is 30.4 Å². The number of benzene rings is 3. The zero-order valence-corrected chi connectivity index (χ0v) is 18.9. The highest BCUT2D eigenvalue weighted by atomic mass is 16.5. The molecule has 3 aromatic carbocycles. The number of rotatable bonds is 5. The van der Waals surface area contributed by atoms with Crippen LogP contribution in [0.4, 0.5) is 11.4 Å². The zero-order valence-electron chi connectivity index (χ0n) is 18.9. The Morgan fingerprint density at radius 2 is 1.50 bits per heavy atom. The topological polar surface area (TPSA) is 77.1 Å². The number of hydrogen-bond acceptors (Lipinski definition) is 6. The van der Waals surface area contributed by atoms with Crippen molar-refractivity contribution >= 4 is 23.3 Å². The Kier molecular flexibility index (Phi) is 6.18. The molecule has 2 heterocycles. The molecular weight excluding hydrogens is 432 g/mol. The molecule has 1 atom stereocenters. The summed E-state index contributed by atoms with van der Waals surface area (Å²) < 4.78 is 17.0. The number of para-hydroxylation sites is 2. The number of morpholine rings is 1. The summed E-state index contributed by atoms with van der Waals surface area (Å²) in [5.74, 6) is -0.319. The molecule has 3 aromatic rings. The third kappa shape index (κ3) is 4.47. The molecule has 2 aliphatic rings. The van der Waals surface area contributed by atoms with E-state index in [1.54, 1.807) is 6.92 Å². The fraction of sp³-hybridized carbons (Fsp3) is 0.259. The first-order valence-corrected chi connectivity index (χ1v) is 11.4. The van der Waals surface area contributed by atoms with E-state index in [0.717, 1.165) is 29.9 Å². The molecule has 5 rings (SSSR count). The number of anilines is 2. The number of nitrogens with zero attached hydrogens (tertiary/aromatic N) is 1. The summed E-state index contributed by atoms with van der Waals surface area (Å²) in [6, 6.07) is 22.4. The smallest absolute Gasteiger partial charge is 0.318 e.